The highest BCUT2D eigenvalue weighted by molar-refractivity contribution is 6.32. The third-order valence-electron chi connectivity index (χ3n) is 5.02. The van der Waals surface area contributed by atoms with Crippen LogP contribution in [0.1, 0.15) is 22.8 Å². The molecular weight excluding hydrogens is 428 g/mol. The van der Waals surface area contributed by atoms with Crippen molar-refractivity contribution in [3.05, 3.63) is 58.6 Å². The molecule has 2 aromatic rings. The molecule has 0 radical (unpaired) electrons. The Kier molecular flexibility index (Phi) is 7.74. The summed E-state index contributed by atoms with van der Waals surface area (Å²) in [7, 11) is 1.43. The zero-order valence-electron chi connectivity index (χ0n) is 17.1. The smallest absolute Gasteiger partial charge is 0.338 e. The lowest BCUT2D eigenvalue weighted by atomic mass is 9.96. The highest BCUT2D eigenvalue weighted by atomic mass is 35.5. The van der Waals surface area contributed by atoms with Gasteiger partial charge in [-0.25, -0.2) is 4.79 Å². The molecule has 0 saturated carbocycles. The molecule has 0 bridgehead atoms. The molecule has 0 spiro atoms. The number of rotatable bonds is 7. The van der Waals surface area contributed by atoms with Crippen LogP contribution in [0, 0.1) is 0 Å². The molecule has 9 heteroatoms. The van der Waals surface area contributed by atoms with Gasteiger partial charge in [0.1, 0.15) is 37.6 Å². The van der Waals surface area contributed by atoms with Gasteiger partial charge in [0.15, 0.2) is 11.5 Å². The van der Waals surface area contributed by atoms with Gasteiger partial charge in [-0.3, -0.25) is 0 Å². The molecule has 168 valence electrons. The van der Waals surface area contributed by atoms with Gasteiger partial charge in [-0.15, -0.1) is 0 Å². The van der Waals surface area contributed by atoms with Crippen LogP contribution in [0.15, 0.2) is 42.5 Å². The Morgan fingerprint density at radius 3 is 2.48 bits per heavy atom. The standard InChI is InChI=1S/C22H25ClO8/c1-12-18(24)20(26)19(25)17(31-12)11-30-22(27)14-8-15(23)21(16(9-14)28-2)29-10-13-6-4-3-5-7-13/h3-9,12,17-20,24-26H,10-11H2,1-2H3/t12?,17-,18+,19+,20-/m1/s1. The number of hydrogen-bond donors (Lipinski definition) is 3. The highest BCUT2D eigenvalue weighted by Gasteiger charge is 2.42. The zero-order chi connectivity index (χ0) is 22.5. The first-order valence-electron chi connectivity index (χ1n) is 9.72. The van der Waals surface area contributed by atoms with Crippen LogP contribution < -0.4 is 9.47 Å². The summed E-state index contributed by atoms with van der Waals surface area (Å²) in [4.78, 5) is 12.5. The van der Waals surface area contributed by atoms with Crippen molar-refractivity contribution in [3.63, 3.8) is 0 Å². The SMILES string of the molecule is COc1cc(C(=O)OC[C@H]2OC(C)[C@H](O)[C@@H](O)[C@H]2O)cc(Cl)c1OCc1ccccc1. The minimum atomic E-state index is -1.40. The van der Waals surface area contributed by atoms with Crippen LogP contribution in [0.5, 0.6) is 11.5 Å². The maximum absolute atomic E-state index is 12.5. The molecule has 1 fully saturated rings. The van der Waals surface area contributed by atoms with E-state index in [9.17, 15) is 20.1 Å². The number of aliphatic hydroxyl groups is 3. The van der Waals surface area contributed by atoms with Crippen molar-refractivity contribution in [2.24, 2.45) is 0 Å². The molecule has 2 aromatic carbocycles. The van der Waals surface area contributed by atoms with E-state index in [1.807, 2.05) is 30.3 Å². The Labute approximate surface area is 184 Å². The molecule has 1 saturated heterocycles. The summed E-state index contributed by atoms with van der Waals surface area (Å²) in [6.07, 6.45) is -5.73. The van der Waals surface area contributed by atoms with Crippen LogP contribution in [0.3, 0.4) is 0 Å². The average Bonchev–Trinajstić information content (AvgIpc) is 2.78. The molecule has 0 amide bonds. The van der Waals surface area contributed by atoms with Gasteiger partial charge in [-0.05, 0) is 24.6 Å². The first-order chi connectivity index (χ1) is 14.8. The lowest BCUT2D eigenvalue weighted by Crippen LogP contribution is -2.57. The number of benzene rings is 2. The zero-order valence-corrected chi connectivity index (χ0v) is 17.9. The molecule has 1 aliphatic heterocycles. The van der Waals surface area contributed by atoms with Gasteiger partial charge in [0.25, 0.3) is 0 Å². The second-order valence-electron chi connectivity index (χ2n) is 7.21. The largest absolute Gasteiger partial charge is 0.493 e. The summed E-state index contributed by atoms with van der Waals surface area (Å²) >= 11 is 6.31. The second-order valence-corrected chi connectivity index (χ2v) is 7.62. The number of ether oxygens (including phenoxy) is 4. The van der Waals surface area contributed by atoms with E-state index in [-0.39, 0.29) is 29.5 Å². The van der Waals surface area contributed by atoms with Gasteiger partial charge < -0.3 is 34.3 Å². The van der Waals surface area contributed by atoms with Crippen LogP contribution >= 0.6 is 11.6 Å². The summed E-state index contributed by atoms with van der Waals surface area (Å²) in [5.74, 6) is -0.170. The Bertz CT molecular complexity index is 891. The van der Waals surface area contributed by atoms with Gasteiger partial charge >= 0.3 is 5.97 Å². The van der Waals surface area contributed by atoms with Crippen molar-refractivity contribution in [2.75, 3.05) is 13.7 Å². The third-order valence-corrected chi connectivity index (χ3v) is 5.30. The number of hydrogen-bond acceptors (Lipinski definition) is 8. The monoisotopic (exact) mass is 452 g/mol. The summed E-state index contributed by atoms with van der Waals surface area (Å²) in [6, 6.07) is 12.3. The predicted octanol–water partition coefficient (Wildman–Crippen LogP) is 1.95. The lowest BCUT2D eigenvalue weighted by Gasteiger charge is -2.38. The van der Waals surface area contributed by atoms with Crippen LogP contribution in [0.4, 0.5) is 0 Å². The van der Waals surface area contributed by atoms with Crippen molar-refractivity contribution < 1.29 is 39.1 Å². The average molecular weight is 453 g/mol. The van der Waals surface area contributed by atoms with Gasteiger partial charge in [0.2, 0.25) is 0 Å². The van der Waals surface area contributed by atoms with Crippen molar-refractivity contribution in [1.29, 1.82) is 0 Å². The van der Waals surface area contributed by atoms with Gasteiger partial charge in [-0.2, -0.15) is 0 Å². The summed E-state index contributed by atoms with van der Waals surface area (Å²) in [5, 5.41) is 29.8. The van der Waals surface area contributed by atoms with Gasteiger partial charge in [0, 0.05) is 0 Å². The highest BCUT2D eigenvalue weighted by Crippen LogP contribution is 2.37. The molecule has 1 unspecified atom stereocenters. The van der Waals surface area contributed by atoms with Crippen molar-refractivity contribution >= 4 is 17.6 Å². The summed E-state index contributed by atoms with van der Waals surface area (Å²) in [6.45, 7) is 1.50. The number of esters is 1. The topological polar surface area (TPSA) is 115 Å². The molecule has 3 rings (SSSR count). The van der Waals surface area contributed by atoms with E-state index in [0.29, 0.717) is 5.75 Å². The number of halogens is 1. The normalized spacial score (nSPS) is 25.7. The molecule has 3 N–H and O–H groups in total. The minimum Gasteiger partial charge on any atom is -0.493 e. The Morgan fingerprint density at radius 1 is 1.10 bits per heavy atom. The molecule has 1 aliphatic rings. The van der Waals surface area contributed by atoms with Crippen molar-refractivity contribution in [3.8, 4) is 11.5 Å². The van der Waals surface area contributed by atoms with Gasteiger partial charge in [-0.1, -0.05) is 41.9 Å². The van der Waals surface area contributed by atoms with Crippen molar-refractivity contribution in [2.45, 2.75) is 44.1 Å². The lowest BCUT2D eigenvalue weighted by molar-refractivity contribution is -0.224. The predicted molar refractivity (Wildman–Crippen MR) is 111 cm³/mol. The summed E-state index contributed by atoms with van der Waals surface area (Å²) in [5.41, 5.74) is 1.06. The number of carbonyl (C=O) groups is 1. The fourth-order valence-electron chi connectivity index (χ4n) is 3.22. The maximum atomic E-state index is 12.5. The Morgan fingerprint density at radius 2 is 1.81 bits per heavy atom. The van der Waals surface area contributed by atoms with Gasteiger partial charge in [0.05, 0.1) is 23.8 Å². The first-order valence-corrected chi connectivity index (χ1v) is 10.1. The van der Waals surface area contributed by atoms with Crippen LogP contribution in [-0.4, -0.2) is 65.5 Å². The van der Waals surface area contributed by atoms with E-state index in [2.05, 4.69) is 0 Å². The van der Waals surface area contributed by atoms with E-state index >= 15 is 0 Å². The van der Waals surface area contributed by atoms with Crippen molar-refractivity contribution in [1.82, 2.24) is 0 Å². The van der Waals surface area contributed by atoms with Crippen LogP contribution in [-0.2, 0) is 16.1 Å². The fraction of sp³-hybridized carbons (Fsp3) is 0.409. The first kappa shape index (κ1) is 23.3. The molecule has 0 aromatic heterocycles. The Balaban J connectivity index is 1.66. The molecule has 31 heavy (non-hydrogen) atoms. The quantitative estimate of drug-likeness (QED) is 0.546. The molecule has 0 aliphatic carbocycles. The number of methoxy groups -OCH3 is 1. The van der Waals surface area contributed by atoms with E-state index in [4.69, 9.17) is 30.5 Å². The molecule has 1 heterocycles. The molecule has 5 atom stereocenters. The third kappa shape index (κ3) is 5.47. The second kappa shape index (κ2) is 10.3. The fourth-order valence-corrected chi connectivity index (χ4v) is 3.49. The minimum absolute atomic E-state index is 0.118. The van der Waals surface area contributed by atoms with E-state index in [0.717, 1.165) is 5.56 Å². The molecular formula is C22H25ClO8. The van der Waals surface area contributed by atoms with E-state index < -0.39 is 36.5 Å². The Hall–Kier alpha value is -2.36. The number of aliphatic hydroxyl groups excluding tert-OH is 3. The number of carbonyl (C=O) groups excluding carboxylic acids is 1. The maximum Gasteiger partial charge on any atom is 0.338 e. The molecule has 8 nitrogen and oxygen atoms in total. The summed E-state index contributed by atoms with van der Waals surface area (Å²) < 4.78 is 21.7. The van der Waals surface area contributed by atoms with Crippen LogP contribution in [0.25, 0.3) is 0 Å². The van der Waals surface area contributed by atoms with Crippen LogP contribution in [0.2, 0.25) is 5.02 Å². The van der Waals surface area contributed by atoms with E-state index in [1.165, 1.54) is 19.2 Å². The van der Waals surface area contributed by atoms with E-state index in [1.54, 1.807) is 6.92 Å².